The van der Waals surface area contributed by atoms with Crippen molar-refractivity contribution in [2.75, 3.05) is 26.7 Å². The zero-order chi connectivity index (χ0) is 16.4. The third-order valence-electron chi connectivity index (χ3n) is 3.59. The predicted octanol–water partition coefficient (Wildman–Crippen LogP) is 1.07. The molecular weight excluding hydrogens is 284 g/mol. The van der Waals surface area contributed by atoms with Crippen LogP contribution < -0.4 is 5.32 Å². The van der Waals surface area contributed by atoms with Crippen LogP contribution in [0.2, 0.25) is 0 Å². The molecule has 0 aromatic heterocycles. The Morgan fingerprint density at radius 1 is 1.14 bits per heavy atom. The van der Waals surface area contributed by atoms with Gasteiger partial charge in [0.25, 0.3) is 0 Å². The maximum absolute atomic E-state index is 9.10. The minimum absolute atomic E-state index is 0.736. The maximum Gasteiger partial charge on any atom is 0.414 e. The highest BCUT2D eigenvalue weighted by atomic mass is 16.4. The first-order chi connectivity index (χ1) is 10.5. The molecule has 6 heteroatoms. The number of rotatable bonds is 4. The van der Waals surface area contributed by atoms with Crippen LogP contribution in [0, 0.1) is 0 Å². The Kier molecular flexibility index (Phi) is 8.17. The molecule has 0 saturated carbocycles. The minimum Gasteiger partial charge on any atom is -0.473 e. The van der Waals surface area contributed by atoms with E-state index in [1.807, 2.05) is 0 Å². The molecule has 1 saturated heterocycles. The first-order valence-electron chi connectivity index (χ1n) is 7.41. The van der Waals surface area contributed by atoms with Gasteiger partial charge in [-0.3, -0.25) is 0 Å². The average Bonchev–Trinajstić information content (AvgIpc) is 2.51. The van der Waals surface area contributed by atoms with E-state index in [0.29, 0.717) is 0 Å². The summed E-state index contributed by atoms with van der Waals surface area (Å²) in [5.74, 6) is -3.65. The molecule has 122 valence electrons. The predicted molar refractivity (Wildman–Crippen MR) is 83.9 cm³/mol. The van der Waals surface area contributed by atoms with Crippen molar-refractivity contribution in [2.45, 2.75) is 25.3 Å². The Bertz CT molecular complexity index is 444. The number of nitrogens with one attached hydrogen (secondary N) is 1. The Balaban J connectivity index is 0.000000346. The number of carboxylic acid groups (broad SMARTS) is 2. The molecule has 1 aliphatic heterocycles. The standard InChI is InChI=1S/C14H22N2.C2H2O4/c1-16-11-8-14(9-12-16)15-10-7-13-5-3-2-4-6-13;3-1(4)2(5)6/h2-6,14-15H,7-12H2,1H3;(H,3,4)(H,5,6). The highest BCUT2D eigenvalue weighted by Gasteiger charge is 2.15. The molecule has 1 aromatic carbocycles. The van der Waals surface area contributed by atoms with Crippen LogP contribution in [0.15, 0.2) is 30.3 Å². The molecule has 1 fully saturated rings. The number of aliphatic carboxylic acids is 2. The summed E-state index contributed by atoms with van der Waals surface area (Å²) < 4.78 is 0. The normalized spacial score (nSPS) is 15.7. The molecule has 0 spiro atoms. The number of piperidine rings is 1. The van der Waals surface area contributed by atoms with Gasteiger partial charge in [0.15, 0.2) is 0 Å². The van der Waals surface area contributed by atoms with Crippen LogP contribution in [0.25, 0.3) is 0 Å². The largest absolute Gasteiger partial charge is 0.473 e. The summed E-state index contributed by atoms with van der Waals surface area (Å²) in [5, 5.41) is 18.4. The smallest absolute Gasteiger partial charge is 0.414 e. The first-order valence-corrected chi connectivity index (χ1v) is 7.41. The molecular formula is C16H24N2O4. The van der Waals surface area contributed by atoms with Crippen LogP contribution in [0.1, 0.15) is 18.4 Å². The van der Waals surface area contributed by atoms with Gasteiger partial charge in [0, 0.05) is 6.04 Å². The summed E-state index contributed by atoms with van der Waals surface area (Å²) in [6, 6.07) is 11.5. The van der Waals surface area contributed by atoms with Crippen molar-refractivity contribution >= 4 is 11.9 Å². The number of nitrogens with zero attached hydrogens (tertiary/aromatic N) is 1. The van der Waals surface area contributed by atoms with Gasteiger partial charge in [0.1, 0.15) is 0 Å². The zero-order valence-electron chi connectivity index (χ0n) is 12.9. The number of carboxylic acids is 2. The molecule has 0 radical (unpaired) electrons. The Labute approximate surface area is 130 Å². The van der Waals surface area contributed by atoms with Gasteiger partial charge in [-0.05, 0) is 51.5 Å². The van der Waals surface area contributed by atoms with Gasteiger partial charge in [0.05, 0.1) is 0 Å². The van der Waals surface area contributed by atoms with E-state index in [-0.39, 0.29) is 0 Å². The number of hydrogen-bond donors (Lipinski definition) is 3. The van der Waals surface area contributed by atoms with Crippen LogP contribution >= 0.6 is 0 Å². The van der Waals surface area contributed by atoms with Crippen molar-refractivity contribution in [1.29, 1.82) is 0 Å². The van der Waals surface area contributed by atoms with Gasteiger partial charge < -0.3 is 20.4 Å². The number of hydrogen-bond acceptors (Lipinski definition) is 4. The van der Waals surface area contributed by atoms with E-state index < -0.39 is 11.9 Å². The molecule has 3 N–H and O–H groups in total. The zero-order valence-corrected chi connectivity index (χ0v) is 12.9. The van der Waals surface area contributed by atoms with E-state index >= 15 is 0 Å². The molecule has 1 aromatic rings. The monoisotopic (exact) mass is 308 g/mol. The Hall–Kier alpha value is -1.92. The van der Waals surface area contributed by atoms with E-state index in [4.69, 9.17) is 19.8 Å². The fourth-order valence-corrected chi connectivity index (χ4v) is 2.28. The van der Waals surface area contributed by atoms with Crippen LogP contribution in [-0.2, 0) is 16.0 Å². The molecule has 1 aliphatic rings. The average molecular weight is 308 g/mol. The first kappa shape index (κ1) is 18.1. The van der Waals surface area contributed by atoms with Crippen LogP contribution in [0.4, 0.5) is 0 Å². The Morgan fingerprint density at radius 3 is 2.18 bits per heavy atom. The van der Waals surface area contributed by atoms with E-state index in [0.717, 1.165) is 19.0 Å². The highest BCUT2D eigenvalue weighted by molar-refractivity contribution is 6.27. The summed E-state index contributed by atoms with van der Waals surface area (Å²) in [5.41, 5.74) is 1.43. The lowest BCUT2D eigenvalue weighted by atomic mass is 10.1. The quantitative estimate of drug-likeness (QED) is 0.721. The second kappa shape index (κ2) is 9.92. The molecule has 1 heterocycles. The Morgan fingerprint density at radius 2 is 1.68 bits per heavy atom. The van der Waals surface area contributed by atoms with Gasteiger partial charge in [-0.25, -0.2) is 9.59 Å². The minimum atomic E-state index is -1.82. The highest BCUT2D eigenvalue weighted by Crippen LogP contribution is 2.08. The SMILES string of the molecule is CN1CCC(NCCc2ccccc2)CC1.O=C(O)C(=O)O. The molecule has 0 atom stereocenters. The van der Waals surface area contributed by atoms with E-state index in [1.165, 1.54) is 31.5 Å². The lowest BCUT2D eigenvalue weighted by molar-refractivity contribution is -0.159. The van der Waals surface area contributed by atoms with E-state index in [2.05, 4.69) is 47.6 Å². The van der Waals surface area contributed by atoms with Gasteiger partial charge >= 0.3 is 11.9 Å². The molecule has 0 amide bonds. The summed E-state index contributed by atoms with van der Waals surface area (Å²) in [7, 11) is 2.21. The van der Waals surface area contributed by atoms with Gasteiger partial charge in [-0.1, -0.05) is 30.3 Å². The van der Waals surface area contributed by atoms with Gasteiger partial charge in [0.2, 0.25) is 0 Å². The van der Waals surface area contributed by atoms with Crippen molar-refractivity contribution in [3.8, 4) is 0 Å². The van der Waals surface area contributed by atoms with Gasteiger partial charge in [-0.2, -0.15) is 0 Å². The molecule has 0 aliphatic carbocycles. The molecule has 0 unspecified atom stereocenters. The third-order valence-corrected chi connectivity index (χ3v) is 3.59. The van der Waals surface area contributed by atoms with Crippen LogP contribution in [0.5, 0.6) is 0 Å². The fourth-order valence-electron chi connectivity index (χ4n) is 2.28. The van der Waals surface area contributed by atoms with Crippen LogP contribution in [0.3, 0.4) is 0 Å². The second-order valence-corrected chi connectivity index (χ2v) is 5.38. The van der Waals surface area contributed by atoms with Gasteiger partial charge in [-0.15, -0.1) is 0 Å². The molecule has 2 rings (SSSR count). The van der Waals surface area contributed by atoms with Crippen molar-refractivity contribution in [1.82, 2.24) is 10.2 Å². The van der Waals surface area contributed by atoms with Crippen molar-refractivity contribution < 1.29 is 19.8 Å². The van der Waals surface area contributed by atoms with Crippen molar-refractivity contribution in [2.24, 2.45) is 0 Å². The number of benzene rings is 1. The van der Waals surface area contributed by atoms with E-state index in [9.17, 15) is 0 Å². The third kappa shape index (κ3) is 7.75. The molecule has 0 bridgehead atoms. The number of likely N-dealkylation sites (tertiary alicyclic amines) is 1. The number of carbonyl (C=O) groups is 2. The summed E-state index contributed by atoms with van der Waals surface area (Å²) in [4.78, 5) is 20.6. The van der Waals surface area contributed by atoms with Crippen LogP contribution in [-0.4, -0.2) is 59.8 Å². The second-order valence-electron chi connectivity index (χ2n) is 5.38. The lowest BCUT2D eigenvalue weighted by Crippen LogP contribution is -2.41. The van der Waals surface area contributed by atoms with Crippen molar-refractivity contribution in [3.05, 3.63) is 35.9 Å². The van der Waals surface area contributed by atoms with E-state index in [1.54, 1.807) is 0 Å². The molecule has 22 heavy (non-hydrogen) atoms. The maximum atomic E-state index is 9.10. The molecule has 6 nitrogen and oxygen atoms in total. The topological polar surface area (TPSA) is 89.9 Å². The lowest BCUT2D eigenvalue weighted by Gasteiger charge is -2.29. The fraction of sp³-hybridized carbons (Fsp3) is 0.500. The summed E-state index contributed by atoms with van der Waals surface area (Å²) in [6.07, 6.45) is 3.74. The summed E-state index contributed by atoms with van der Waals surface area (Å²) >= 11 is 0. The van der Waals surface area contributed by atoms with Crippen molar-refractivity contribution in [3.63, 3.8) is 0 Å². The summed E-state index contributed by atoms with van der Waals surface area (Å²) in [6.45, 7) is 3.59.